The lowest BCUT2D eigenvalue weighted by molar-refractivity contribution is 0.225. The van der Waals surface area contributed by atoms with E-state index in [1.807, 2.05) is 0 Å². The summed E-state index contributed by atoms with van der Waals surface area (Å²) in [5, 5.41) is 3.48. The van der Waals surface area contributed by atoms with Crippen LogP contribution in [0.2, 0.25) is 0 Å². The molecule has 0 spiro atoms. The summed E-state index contributed by atoms with van der Waals surface area (Å²) < 4.78 is 0. The van der Waals surface area contributed by atoms with Crippen molar-refractivity contribution < 1.29 is 0 Å². The van der Waals surface area contributed by atoms with E-state index in [0.717, 1.165) is 6.54 Å². The van der Waals surface area contributed by atoms with Crippen LogP contribution in [-0.4, -0.2) is 31.6 Å². The van der Waals surface area contributed by atoms with Gasteiger partial charge in [0.25, 0.3) is 0 Å². The Morgan fingerprint density at radius 2 is 1.58 bits per heavy atom. The number of nitrogens with zero attached hydrogens (tertiary/aromatic N) is 1. The maximum Gasteiger partial charge on any atom is 0.0446 e. The summed E-state index contributed by atoms with van der Waals surface area (Å²) >= 11 is 0. The molecule has 0 aromatic heterocycles. The van der Waals surface area contributed by atoms with E-state index in [1.54, 1.807) is 0 Å². The van der Waals surface area contributed by atoms with Gasteiger partial charge in [0, 0.05) is 12.6 Å². The van der Waals surface area contributed by atoms with Gasteiger partial charge < -0.3 is 10.2 Å². The summed E-state index contributed by atoms with van der Waals surface area (Å²) in [5.74, 6) is 0. The summed E-state index contributed by atoms with van der Waals surface area (Å²) in [6.07, 6.45) is 6.98. The van der Waals surface area contributed by atoms with Crippen molar-refractivity contribution in [2.75, 3.05) is 26.7 Å². The highest BCUT2D eigenvalue weighted by Crippen LogP contribution is 2.17. The topological polar surface area (TPSA) is 15.3 Å². The van der Waals surface area contributed by atoms with Crippen LogP contribution in [0.15, 0.2) is 24.3 Å². The van der Waals surface area contributed by atoms with Gasteiger partial charge in [-0.15, -0.1) is 0 Å². The zero-order chi connectivity index (χ0) is 13.5. The SMILES string of the molecule is CNC(CN1CCCCCCC1)c1ccc(C)cc1. The molecule has 1 saturated heterocycles. The molecule has 2 heteroatoms. The number of likely N-dealkylation sites (N-methyl/N-ethyl adjacent to an activating group) is 1. The Balaban J connectivity index is 1.95. The second kappa shape index (κ2) is 7.66. The fraction of sp³-hybridized carbons (Fsp3) is 0.647. The molecule has 0 aliphatic carbocycles. The standard InChI is InChI=1S/C17H28N2/c1-15-8-10-16(11-9-15)17(18-2)14-19-12-6-4-3-5-7-13-19/h8-11,17-18H,3-7,12-14H2,1-2H3. The van der Waals surface area contributed by atoms with Crippen molar-refractivity contribution >= 4 is 0 Å². The van der Waals surface area contributed by atoms with Gasteiger partial charge in [-0.05, 0) is 45.5 Å². The quantitative estimate of drug-likeness (QED) is 0.891. The largest absolute Gasteiger partial charge is 0.312 e. The first kappa shape index (κ1) is 14.5. The number of hydrogen-bond acceptors (Lipinski definition) is 2. The van der Waals surface area contributed by atoms with Crippen LogP contribution < -0.4 is 5.32 Å². The van der Waals surface area contributed by atoms with Crippen LogP contribution in [0.1, 0.15) is 49.3 Å². The van der Waals surface area contributed by atoms with E-state index in [-0.39, 0.29) is 0 Å². The number of benzene rings is 1. The molecule has 1 aliphatic rings. The molecule has 1 heterocycles. The maximum absolute atomic E-state index is 3.48. The smallest absolute Gasteiger partial charge is 0.0446 e. The third-order valence-corrected chi connectivity index (χ3v) is 4.22. The fourth-order valence-corrected chi connectivity index (χ4v) is 2.92. The molecule has 1 N–H and O–H groups in total. The Labute approximate surface area is 118 Å². The lowest BCUT2D eigenvalue weighted by Crippen LogP contribution is -2.35. The van der Waals surface area contributed by atoms with Gasteiger partial charge in [-0.25, -0.2) is 0 Å². The van der Waals surface area contributed by atoms with Gasteiger partial charge in [-0.3, -0.25) is 0 Å². The van der Waals surface area contributed by atoms with E-state index in [4.69, 9.17) is 0 Å². The first-order valence-electron chi connectivity index (χ1n) is 7.76. The van der Waals surface area contributed by atoms with E-state index in [2.05, 4.69) is 48.5 Å². The van der Waals surface area contributed by atoms with E-state index in [9.17, 15) is 0 Å². The number of hydrogen-bond donors (Lipinski definition) is 1. The van der Waals surface area contributed by atoms with E-state index in [1.165, 1.54) is 56.3 Å². The Morgan fingerprint density at radius 3 is 2.16 bits per heavy atom. The van der Waals surface area contributed by atoms with Crippen LogP contribution in [0.4, 0.5) is 0 Å². The molecule has 0 amide bonds. The van der Waals surface area contributed by atoms with Gasteiger partial charge in [0.2, 0.25) is 0 Å². The third kappa shape index (κ3) is 4.63. The van der Waals surface area contributed by atoms with E-state index < -0.39 is 0 Å². The highest BCUT2D eigenvalue weighted by atomic mass is 15.1. The van der Waals surface area contributed by atoms with Crippen molar-refractivity contribution in [3.05, 3.63) is 35.4 Å². The summed E-state index contributed by atoms with van der Waals surface area (Å²) in [5.41, 5.74) is 2.75. The van der Waals surface area contributed by atoms with Crippen LogP contribution in [0.5, 0.6) is 0 Å². The normalized spacial score (nSPS) is 19.7. The Bertz CT molecular complexity index is 350. The summed E-state index contributed by atoms with van der Waals surface area (Å²) in [7, 11) is 2.08. The third-order valence-electron chi connectivity index (χ3n) is 4.22. The van der Waals surface area contributed by atoms with Crippen LogP contribution in [0.25, 0.3) is 0 Å². The van der Waals surface area contributed by atoms with Gasteiger partial charge in [0.15, 0.2) is 0 Å². The summed E-state index contributed by atoms with van der Waals surface area (Å²) in [6.45, 7) is 5.82. The molecule has 0 saturated carbocycles. The molecule has 1 fully saturated rings. The van der Waals surface area contributed by atoms with E-state index >= 15 is 0 Å². The number of likely N-dealkylation sites (tertiary alicyclic amines) is 1. The van der Waals surface area contributed by atoms with Crippen LogP contribution in [0.3, 0.4) is 0 Å². The lowest BCUT2D eigenvalue weighted by atomic mass is 10.0. The Kier molecular flexibility index (Phi) is 5.87. The highest BCUT2D eigenvalue weighted by molar-refractivity contribution is 5.24. The molecule has 2 rings (SSSR count). The molecule has 1 aromatic carbocycles. The molecule has 1 aliphatic heterocycles. The second-order valence-electron chi connectivity index (χ2n) is 5.82. The summed E-state index contributed by atoms with van der Waals surface area (Å²) in [6, 6.07) is 9.42. The predicted molar refractivity (Wildman–Crippen MR) is 82.5 cm³/mol. The minimum absolute atomic E-state index is 0.458. The molecule has 106 valence electrons. The zero-order valence-corrected chi connectivity index (χ0v) is 12.5. The number of rotatable bonds is 4. The summed E-state index contributed by atoms with van der Waals surface area (Å²) in [4.78, 5) is 2.64. The molecule has 1 aromatic rings. The molecular weight excluding hydrogens is 232 g/mol. The average molecular weight is 260 g/mol. The van der Waals surface area contributed by atoms with Crippen molar-refractivity contribution in [1.82, 2.24) is 10.2 Å². The van der Waals surface area contributed by atoms with E-state index in [0.29, 0.717) is 6.04 Å². The molecule has 1 atom stereocenters. The zero-order valence-electron chi connectivity index (χ0n) is 12.5. The van der Waals surface area contributed by atoms with Crippen molar-refractivity contribution in [3.8, 4) is 0 Å². The van der Waals surface area contributed by atoms with Crippen LogP contribution >= 0.6 is 0 Å². The fourth-order valence-electron chi connectivity index (χ4n) is 2.92. The first-order valence-corrected chi connectivity index (χ1v) is 7.76. The monoisotopic (exact) mass is 260 g/mol. The van der Waals surface area contributed by atoms with Gasteiger partial charge in [0.1, 0.15) is 0 Å². The maximum atomic E-state index is 3.48. The molecule has 0 bridgehead atoms. The number of nitrogens with one attached hydrogen (secondary N) is 1. The molecule has 2 nitrogen and oxygen atoms in total. The lowest BCUT2D eigenvalue weighted by Gasteiger charge is -2.29. The minimum atomic E-state index is 0.458. The second-order valence-corrected chi connectivity index (χ2v) is 5.82. The predicted octanol–water partition coefficient (Wildman–Crippen LogP) is 3.52. The van der Waals surface area contributed by atoms with Crippen LogP contribution in [0, 0.1) is 6.92 Å². The van der Waals surface area contributed by atoms with Crippen molar-refractivity contribution in [3.63, 3.8) is 0 Å². The minimum Gasteiger partial charge on any atom is -0.312 e. The highest BCUT2D eigenvalue weighted by Gasteiger charge is 2.15. The van der Waals surface area contributed by atoms with Crippen molar-refractivity contribution in [2.45, 2.75) is 45.1 Å². The Morgan fingerprint density at radius 1 is 1.00 bits per heavy atom. The Hall–Kier alpha value is -0.860. The van der Waals surface area contributed by atoms with Gasteiger partial charge in [-0.1, -0.05) is 49.1 Å². The molecular formula is C17H28N2. The first-order chi connectivity index (χ1) is 9.29. The van der Waals surface area contributed by atoms with Crippen molar-refractivity contribution in [1.29, 1.82) is 0 Å². The van der Waals surface area contributed by atoms with Crippen LogP contribution in [-0.2, 0) is 0 Å². The molecule has 19 heavy (non-hydrogen) atoms. The molecule has 0 radical (unpaired) electrons. The van der Waals surface area contributed by atoms with Gasteiger partial charge in [0.05, 0.1) is 0 Å². The van der Waals surface area contributed by atoms with Gasteiger partial charge >= 0.3 is 0 Å². The number of aryl methyl sites for hydroxylation is 1. The van der Waals surface area contributed by atoms with Crippen molar-refractivity contribution in [2.24, 2.45) is 0 Å². The molecule has 1 unspecified atom stereocenters. The van der Waals surface area contributed by atoms with Gasteiger partial charge in [-0.2, -0.15) is 0 Å². The average Bonchev–Trinajstić information content (AvgIpc) is 2.39.